The number of methoxy groups -OCH3 is 1. The maximum absolute atomic E-state index is 12.2. The zero-order chi connectivity index (χ0) is 22.1. The average Bonchev–Trinajstić information content (AvgIpc) is 2.71. The quantitative estimate of drug-likeness (QED) is 0.467. The van der Waals surface area contributed by atoms with Crippen LogP contribution in [0, 0.1) is 5.92 Å². The zero-order valence-electron chi connectivity index (χ0n) is 18.1. The SMILES string of the molecule is COc1cc(C=CC(=O)Nc2ccc(C(=O)OCC(C)C)cc2)ccc1OC(C)C. The highest BCUT2D eigenvalue weighted by molar-refractivity contribution is 6.02. The number of carbonyl (C=O) groups excluding carboxylic acids is 2. The number of carbonyl (C=O) groups is 2. The van der Waals surface area contributed by atoms with Gasteiger partial charge in [-0.15, -0.1) is 0 Å². The van der Waals surface area contributed by atoms with Gasteiger partial charge in [0.05, 0.1) is 25.4 Å². The van der Waals surface area contributed by atoms with Crippen molar-refractivity contribution in [2.24, 2.45) is 5.92 Å². The van der Waals surface area contributed by atoms with Gasteiger partial charge in [0.15, 0.2) is 11.5 Å². The molecule has 30 heavy (non-hydrogen) atoms. The highest BCUT2D eigenvalue weighted by atomic mass is 16.5. The molecule has 6 heteroatoms. The molecule has 0 aliphatic carbocycles. The van der Waals surface area contributed by atoms with Crippen molar-refractivity contribution in [3.05, 3.63) is 59.7 Å². The monoisotopic (exact) mass is 411 g/mol. The number of amides is 1. The van der Waals surface area contributed by atoms with Crippen LogP contribution in [0.5, 0.6) is 11.5 Å². The molecule has 160 valence electrons. The first-order valence-electron chi connectivity index (χ1n) is 9.89. The summed E-state index contributed by atoms with van der Waals surface area (Å²) in [6.07, 6.45) is 3.16. The standard InChI is InChI=1S/C24H29NO5/c1-16(2)15-29-24(27)19-8-10-20(11-9-19)25-23(26)13-7-18-6-12-21(30-17(3)4)22(14-18)28-5/h6-14,16-17H,15H2,1-5H3,(H,25,26). The molecular formula is C24H29NO5. The highest BCUT2D eigenvalue weighted by Crippen LogP contribution is 2.29. The first kappa shape index (κ1) is 23.0. The van der Waals surface area contributed by atoms with Crippen molar-refractivity contribution in [1.29, 1.82) is 0 Å². The van der Waals surface area contributed by atoms with E-state index in [1.54, 1.807) is 43.5 Å². The number of ether oxygens (including phenoxy) is 3. The van der Waals surface area contributed by atoms with Crippen molar-refractivity contribution in [2.75, 3.05) is 19.0 Å². The molecule has 0 atom stereocenters. The fraction of sp³-hybridized carbons (Fsp3) is 0.333. The van der Waals surface area contributed by atoms with E-state index in [0.717, 1.165) is 5.56 Å². The number of esters is 1. The molecule has 0 unspecified atom stereocenters. The third kappa shape index (κ3) is 7.28. The minimum atomic E-state index is -0.375. The summed E-state index contributed by atoms with van der Waals surface area (Å²) in [5.74, 6) is 0.873. The molecule has 0 saturated carbocycles. The Hall–Kier alpha value is -3.28. The summed E-state index contributed by atoms with van der Waals surface area (Å²) >= 11 is 0. The predicted molar refractivity (Wildman–Crippen MR) is 118 cm³/mol. The molecule has 2 aromatic carbocycles. The van der Waals surface area contributed by atoms with Gasteiger partial charge in [0.25, 0.3) is 0 Å². The van der Waals surface area contributed by atoms with E-state index in [4.69, 9.17) is 14.2 Å². The highest BCUT2D eigenvalue weighted by Gasteiger charge is 2.09. The fourth-order valence-corrected chi connectivity index (χ4v) is 2.51. The second-order valence-corrected chi connectivity index (χ2v) is 7.47. The van der Waals surface area contributed by atoms with Crippen molar-refractivity contribution >= 4 is 23.6 Å². The van der Waals surface area contributed by atoms with Gasteiger partial charge in [0, 0.05) is 11.8 Å². The van der Waals surface area contributed by atoms with Gasteiger partial charge in [-0.2, -0.15) is 0 Å². The summed E-state index contributed by atoms with van der Waals surface area (Å²) < 4.78 is 16.2. The van der Waals surface area contributed by atoms with Crippen molar-refractivity contribution < 1.29 is 23.8 Å². The van der Waals surface area contributed by atoms with E-state index in [2.05, 4.69) is 5.32 Å². The second-order valence-electron chi connectivity index (χ2n) is 7.47. The Labute approximate surface area is 177 Å². The van der Waals surface area contributed by atoms with Crippen molar-refractivity contribution in [1.82, 2.24) is 0 Å². The molecule has 0 aromatic heterocycles. The number of anilines is 1. The maximum atomic E-state index is 12.2. The summed E-state index contributed by atoms with van der Waals surface area (Å²) in [6, 6.07) is 12.0. The van der Waals surface area contributed by atoms with Crippen LogP contribution in [0.4, 0.5) is 5.69 Å². The lowest BCUT2D eigenvalue weighted by atomic mass is 10.1. The van der Waals surface area contributed by atoms with Gasteiger partial charge in [0.2, 0.25) is 5.91 Å². The zero-order valence-corrected chi connectivity index (χ0v) is 18.1. The third-order valence-electron chi connectivity index (χ3n) is 3.91. The molecule has 0 aliphatic rings. The van der Waals surface area contributed by atoms with Gasteiger partial charge in [-0.1, -0.05) is 19.9 Å². The summed E-state index contributed by atoms with van der Waals surface area (Å²) in [4.78, 5) is 24.1. The number of hydrogen-bond acceptors (Lipinski definition) is 5. The van der Waals surface area contributed by atoms with E-state index in [1.165, 1.54) is 6.08 Å². The summed E-state index contributed by atoms with van der Waals surface area (Å²) in [5.41, 5.74) is 1.84. The van der Waals surface area contributed by atoms with Gasteiger partial charge >= 0.3 is 5.97 Å². The first-order chi connectivity index (χ1) is 14.3. The van der Waals surface area contributed by atoms with Gasteiger partial charge in [-0.3, -0.25) is 4.79 Å². The average molecular weight is 411 g/mol. The largest absolute Gasteiger partial charge is 0.493 e. The third-order valence-corrected chi connectivity index (χ3v) is 3.91. The van der Waals surface area contributed by atoms with Crippen LogP contribution < -0.4 is 14.8 Å². The van der Waals surface area contributed by atoms with Gasteiger partial charge < -0.3 is 19.5 Å². The lowest BCUT2D eigenvalue weighted by Gasteiger charge is -2.13. The maximum Gasteiger partial charge on any atom is 0.338 e. The van der Waals surface area contributed by atoms with E-state index >= 15 is 0 Å². The smallest absolute Gasteiger partial charge is 0.338 e. The molecule has 1 N–H and O–H groups in total. The Kier molecular flexibility index (Phi) is 8.47. The van der Waals surface area contributed by atoms with Gasteiger partial charge in [-0.25, -0.2) is 4.79 Å². The predicted octanol–water partition coefficient (Wildman–Crippen LogP) is 4.95. The number of benzene rings is 2. The Morgan fingerprint density at radius 1 is 1.00 bits per heavy atom. The van der Waals surface area contributed by atoms with E-state index in [-0.39, 0.29) is 23.9 Å². The lowest BCUT2D eigenvalue weighted by molar-refractivity contribution is -0.111. The van der Waals surface area contributed by atoms with E-state index in [1.807, 2.05) is 39.8 Å². The molecular weight excluding hydrogens is 382 g/mol. The van der Waals surface area contributed by atoms with Crippen molar-refractivity contribution in [3.63, 3.8) is 0 Å². The summed E-state index contributed by atoms with van der Waals surface area (Å²) in [7, 11) is 1.57. The van der Waals surface area contributed by atoms with Crippen LogP contribution in [0.15, 0.2) is 48.5 Å². The van der Waals surface area contributed by atoms with Crippen LogP contribution in [0.3, 0.4) is 0 Å². The van der Waals surface area contributed by atoms with Crippen LogP contribution >= 0.6 is 0 Å². The first-order valence-corrected chi connectivity index (χ1v) is 9.89. The minimum Gasteiger partial charge on any atom is -0.493 e. The lowest BCUT2D eigenvalue weighted by Crippen LogP contribution is -2.11. The van der Waals surface area contributed by atoms with Crippen LogP contribution in [0.25, 0.3) is 6.08 Å². The number of rotatable bonds is 9. The molecule has 0 aliphatic heterocycles. The fourth-order valence-electron chi connectivity index (χ4n) is 2.51. The van der Waals surface area contributed by atoms with Crippen LogP contribution in [-0.2, 0) is 9.53 Å². The Bertz CT molecular complexity index is 885. The molecule has 2 rings (SSSR count). The molecule has 0 saturated heterocycles. The normalized spacial score (nSPS) is 11.0. The van der Waals surface area contributed by atoms with Gasteiger partial charge in [-0.05, 0) is 67.8 Å². The van der Waals surface area contributed by atoms with Crippen LogP contribution in [0.1, 0.15) is 43.6 Å². The van der Waals surface area contributed by atoms with Crippen molar-refractivity contribution in [2.45, 2.75) is 33.8 Å². The van der Waals surface area contributed by atoms with Gasteiger partial charge in [0.1, 0.15) is 0 Å². The van der Waals surface area contributed by atoms with E-state index in [9.17, 15) is 9.59 Å². The van der Waals surface area contributed by atoms with E-state index < -0.39 is 0 Å². The minimum absolute atomic E-state index is 0.0366. The second kappa shape index (κ2) is 11.0. The summed E-state index contributed by atoms with van der Waals surface area (Å²) in [5, 5.41) is 2.76. The number of nitrogens with one attached hydrogen (secondary N) is 1. The molecule has 6 nitrogen and oxygen atoms in total. The number of hydrogen-bond donors (Lipinski definition) is 1. The Morgan fingerprint density at radius 3 is 2.30 bits per heavy atom. The van der Waals surface area contributed by atoms with E-state index in [0.29, 0.717) is 29.4 Å². The molecule has 0 heterocycles. The summed E-state index contributed by atoms with van der Waals surface area (Å²) in [6.45, 7) is 8.21. The molecule has 0 fully saturated rings. The topological polar surface area (TPSA) is 73.9 Å². The molecule has 1 amide bonds. The van der Waals surface area contributed by atoms with Crippen LogP contribution in [-0.4, -0.2) is 31.7 Å². The Morgan fingerprint density at radius 2 is 1.70 bits per heavy atom. The molecule has 2 aromatic rings. The molecule has 0 spiro atoms. The molecule has 0 bridgehead atoms. The van der Waals surface area contributed by atoms with Crippen molar-refractivity contribution in [3.8, 4) is 11.5 Å². The van der Waals surface area contributed by atoms with Crippen LogP contribution in [0.2, 0.25) is 0 Å². The Balaban J connectivity index is 1.96. The molecule has 0 radical (unpaired) electrons.